The molecule has 0 bridgehead atoms. The number of phenols is 1. The number of aromatic nitrogens is 2. The Bertz CT molecular complexity index is 1180. The van der Waals surface area contributed by atoms with Gasteiger partial charge in [0.2, 0.25) is 5.95 Å². The molecule has 0 radical (unpaired) electrons. The molecule has 174 valence electrons. The highest BCUT2D eigenvalue weighted by atomic mass is 35.5. The quantitative estimate of drug-likeness (QED) is 0.489. The second-order valence-electron chi connectivity index (χ2n) is 7.75. The van der Waals surface area contributed by atoms with Crippen LogP contribution in [0.1, 0.15) is 25.7 Å². The second kappa shape index (κ2) is 9.74. The molecule has 0 amide bonds. The molecule has 0 aliphatic carbocycles. The van der Waals surface area contributed by atoms with E-state index in [2.05, 4.69) is 20.0 Å². The van der Waals surface area contributed by atoms with Gasteiger partial charge in [-0.3, -0.25) is 4.79 Å². The van der Waals surface area contributed by atoms with Gasteiger partial charge in [-0.25, -0.2) is 13.8 Å². The van der Waals surface area contributed by atoms with Crippen molar-refractivity contribution >= 4 is 40.2 Å². The Morgan fingerprint density at radius 1 is 1.21 bits per heavy atom. The van der Waals surface area contributed by atoms with Crippen molar-refractivity contribution in [2.24, 2.45) is 0 Å². The monoisotopic (exact) mass is 476 g/mol. The number of nitrogens with one attached hydrogen (secondary N) is 1. The molecule has 1 aliphatic rings. The number of carbonyl (C=O) groups excluding carboxylic acids is 1. The lowest BCUT2D eigenvalue weighted by Crippen LogP contribution is -2.30. The summed E-state index contributed by atoms with van der Waals surface area (Å²) in [5, 5.41) is 13.5. The standard InChI is InChI=1S/C23H23ClF2N4O3/c1-33-17(32)8-9-27-23-28-21-13(22(29-23)30-10-3-2-4-11-30)12-14(24)18(20(21)26)19-15(25)6-5-7-16(19)31/h5-7,12,31H,2-4,8-11H2,1H3,(H,27,28,29). The Kier molecular flexibility index (Phi) is 6.78. The first-order chi connectivity index (χ1) is 15.9. The number of benzene rings is 2. The molecular formula is C23H23ClF2N4O3. The number of methoxy groups -OCH3 is 1. The predicted octanol–water partition coefficient (Wildman–Crippen LogP) is 4.90. The predicted molar refractivity (Wildman–Crippen MR) is 123 cm³/mol. The van der Waals surface area contributed by atoms with Crippen LogP contribution >= 0.6 is 11.6 Å². The topological polar surface area (TPSA) is 87.6 Å². The van der Waals surface area contributed by atoms with Crippen LogP contribution in [0.2, 0.25) is 5.02 Å². The molecule has 0 unspecified atom stereocenters. The van der Waals surface area contributed by atoms with Gasteiger partial charge in [-0.1, -0.05) is 17.7 Å². The van der Waals surface area contributed by atoms with Gasteiger partial charge in [-0.15, -0.1) is 0 Å². The highest BCUT2D eigenvalue weighted by molar-refractivity contribution is 6.34. The van der Waals surface area contributed by atoms with Gasteiger partial charge in [0.25, 0.3) is 0 Å². The zero-order valence-electron chi connectivity index (χ0n) is 18.0. The molecule has 4 rings (SSSR count). The third-order valence-corrected chi connectivity index (χ3v) is 5.90. The summed E-state index contributed by atoms with van der Waals surface area (Å²) in [5.41, 5.74) is -0.669. The van der Waals surface area contributed by atoms with Crippen molar-refractivity contribution in [3.05, 3.63) is 40.9 Å². The Hall–Kier alpha value is -3.20. The smallest absolute Gasteiger partial charge is 0.307 e. The minimum Gasteiger partial charge on any atom is -0.507 e. The first-order valence-electron chi connectivity index (χ1n) is 10.6. The highest BCUT2D eigenvalue weighted by Gasteiger charge is 2.25. The van der Waals surface area contributed by atoms with E-state index in [-0.39, 0.29) is 40.6 Å². The Morgan fingerprint density at radius 3 is 2.67 bits per heavy atom. The number of carbonyl (C=O) groups is 1. The molecule has 2 aromatic carbocycles. The van der Waals surface area contributed by atoms with E-state index in [1.165, 1.54) is 25.3 Å². The summed E-state index contributed by atoms with van der Waals surface area (Å²) in [6.45, 7) is 1.67. The number of halogens is 3. The van der Waals surface area contributed by atoms with Gasteiger partial charge in [-0.05, 0) is 37.5 Å². The molecule has 3 aromatic rings. The number of piperidine rings is 1. The van der Waals surface area contributed by atoms with E-state index in [0.717, 1.165) is 38.4 Å². The van der Waals surface area contributed by atoms with Crippen molar-refractivity contribution in [1.29, 1.82) is 0 Å². The zero-order valence-corrected chi connectivity index (χ0v) is 18.8. The van der Waals surface area contributed by atoms with Gasteiger partial charge in [0.05, 0.1) is 24.1 Å². The zero-order chi connectivity index (χ0) is 23.5. The Morgan fingerprint density at radius 2 is 1.97 bits per heavy atom. The van der Waals surface area contributed by atoms with E-state index >= 15 is 4.39 Å². The molecule has 1 aromatic heterocycles. The van der Waals surface area contributed by atoms with Gasteiger partial charge in [0.15, 0.2) is 5.82 Å². The average molecular weight is 477 g/mol. The number of hydrogen-bond donors (Lipinski definition) is 2. The Labute approximate surface area is 194 Å². The summed E-state index contributed by atoms with van der Waals surface area (Å²) in [4.78, 5) is 22.3. The van der Waals surface area contributed by atoms with Crippen molar-refractivity contribution in [2.45, 2.75) is 25.7 Å². The van der Waals surface area contributed by atoms with Crippen molar-refractivity contribution in [3.63, 3.8) is 0 Å². The van der Waals surface area contributed by atoms with Crippen LogP contribution in [0, 0.1) is 11.6 Å². The first-order valence-corrected chi connectivity index (χ1v) is 11.0. The summed E-state index contributed by atoms with van der Waals surface area (Å²) in [5.74, 6) is -1.89. The molecule has 1 fully saturated rings. The summed E-state index contributed by atoms with van der Waals surface area (Å²) >= 11 is 6.41. The number of esters is 1. The van der Waals surface area contributed by atoms with E-state index in [1.54, 1.807) is 0 Å². The summed E-state index contributed by atoms with van der Waals surface area (Å²) in [6, 6.07) is 5.20. The van der Waals surface area contributed by atoms with Crippen LogP contribution in [0.3, 0.4) is 0 Å². The molecule has 0 atom stereocenters. The fourth-order valence-electron chi connectivity index (χ4n) is 3.97. The van der Waals surface area contributed by atoms with Crippen LogP contribution in [0.5, 0.6) is 5.75 Å². The number of rotatable bonds is 6. The maximum absolute atomic E-state index is 15.8. The normalized spacial score (nSPS) is 13.9. The lowest BCUT2D eigenvalue weighted by Gasteiger charge is -2.29. The molecule has 0 spiro atoms. The maximum atomic E-state index is 15.8. The molecule has 2 N–H and O–H groups in total. The second-order valence-corrected chi connectivity index (χ2v) is 8.16. The number of aromatic hydroxyl groups is 1. The molecule has 1 saturated heterocycles. The molecule has 2 heterocycles. The third kappa shape index (κ3) is 4.64. The highest BCUT2D eigenvalue weighted by Crippen LogP contribution is 2.42. The number of ether oxygens (including phenoxy) is 1. The fourth-order valence-corrected chi connectivity index (χ4v) is 4.26. The number of anilines is 2. The van der Waals surface area contributed by atoms with Crippen LogP contribution in [-0.4, -0.2) is 47.8 Å². The number of fused-ring (bicyclic) bond motifs is 1. The van der Waals surface area contributed by atoms with Crippen molar-refractivity contribution in [2.75, 3.05) is 37.0 Å². The van der Waals surface area contributed by atoms with Crippen LogP contribution in [0.4, 0.5) is 20.5 Å². The number of hydrogen-bond acceptors (Lipinski definition) is 7. The maximum Gasteiger partial charge on any atom is 0.307 e. The molecule has 10 heteroatoms. The molecule has 33 heavy (non-hydrogen) atoms. The summed E-state index contributed by atoms with van der Waals surface area (Å²) < 4.78 is 35.0. The van der Waals surface area contributed by atoms with Gasteiger partial charge >= 0.3 is 5.97 Å². The van der Waals surface area contributed by atoms with Crippen molar-refractivity contribution in [1.82, 2.24) is 9.97 Å². The van der Waals surface area contributed by atoms with Crippen molar-refractivity contribution < 1.29 is 23.4 Å². The van der Waals surface area contributed by atoms with Gasteiger partial charge in [0, 0.05) is 30.6 Å². The lowest BCUT2D eigenvalue weighted by molar-refractivity contribution is -0.140. The van der Waals surface area contributed by atoms with Gasteiger partial charge in [0.1, 0.15) is 22.9 Å². The van der Waals surface area contributed by atoms with E-state index in [4.69, 9.17) is 11.6 Å². The van der Waals surface area contributed by atoms with Crippen LogP contribution < -0.4 is 10.2 Å². The number of phenolic OH excluding ortho intramolecular Hbond substituents is 1. The average Bonchev–Trinajstić information content (AvgIpc) is 2.81. The molecule has 1 aliphatic heterocycles. The third-order valence-electron chi connectivity index (χ3n) is 5.60. The van der Waals surface area contributed by atoms with E-state index in [9.17, 15) is 14.3 Å². The first kappa shape index (κ1) is 23.0. The van der Waals surface area contributed by atoms with Gasteiger partial charge < -0.3 is 20.1 Å². The Balaban J connectivity index is 1.88. The van der Waals surface area contributed by atoms with E-state index in [1.807, 2.05) is 4.90 Å². The summed E-state index contributed by atoms with van der Waals surface area (Å²) in [6.07, 6.45) is 3.10. The molecule has 7 nitrogen and oxygen atoms in total. The molecular weight excluding hydrogens is 454 g/mol. The van der Waals surface area contributed by atoms with Crippen molar-refractivity contribution in [3.8, 4) is 16.9 Å². The molecule has 0 saturated carbocycles. The fraction of sp³-hybridized carbons (Fsp3) is 0.348. The van der Waals surface area contributed by atoms with E-state index < -0.39 is 23.4 Å². The minimum atomic E-state index is -0.866. The van der Waals surface area contributed by atoms with Gasteiger partial charge in [-0.2, -0.15) is 4.98 Å². The van der Waals surface area contributed by atoms with Crippen LogP contribution in [0.25, 0.3) is 22.0 Å². The largest absolute Gasteiger partial charge is 0.507 e. The number of nitrogens with zero attached hydrogens (tertiary/aromatic N) is 3. The SMILES string of the molecule is COC(=O)CCNc1nc(N2CCCCC2)c2cc(Cl)c(-c3c(O)cccc3F)c(F)c2n1. The van der Waals surface area contributed by atoms with E-state index in [0.29, 0.717) is 11.2 Å². The van der Waals surface area contributed by atoms with Crippen LogP contribution in [-0.2, 0) is 9.53 Å². The lowest BCUT2D eigenvalue weighted by atomic mass is 10.0. The summed E-state index contributed by atoms with van der Waals surface area (Å²) in [7, 11) is 1.29. The van der Waals surface area contributed by atoms with Crippen LogP contribution in [0.15, 0.2) is 24.3 Å². The minimum absolute atomic E-state index is 0.0614.